The zero-order valence-electron chi connectivity index (χ0n) is 13.2. The molecule has 2 amide bonds. The fourth-order valence-corrected chi connectivity index (χ4v) is 3.67. The molecule has 0 aromatic carbocycles. The molecule has 2 aliphatic rings. The molecule has 1 saturated heterocycles. The third-order valence-electron chi connectivity index (χ3n) is 4.81. The summed E-state index contributed by atoms with van der Waals surface area (Å²) in [6.07, 6.45) is 5.20. The van der Waals surface area contributed by atoms with Gasteiger partial charge in [-0.05, 0) is 31.1 Å². The van der Waals surface area contributed by atoms with Crippen molar-refractivity contribution < 1.29 is 9.59 Å². The summed E-state index contributed by atoms with van der Waals surface area (Å²) in [6, 6.07) is -0.362. The number of nitrogens with zero attached hydrogens (tertiary/aromatic N) is 1. The molecule has 114 valence electrons. The van der Waals surface area contributed by atoms with Gasteiger partial charge in [0.2, 0.25) is 11.8 Å². The molecule has 0 bridgehead atoms. The van der Waals surface area contributed by atoms with E-state index in [9.17, 15) is 9.59 Å². The lowest BCUT2D eigenvalue weighted by Crippen LogP contribution is -2.67. The predicted octanol–water partition coefficient (Wildman–Crippen LogP) is 2.33. The van der Waals surface area contributed by atoms with E-state index in [-0.39, 0.29) is 35.9 Å². The summed E-state index contributed by atoms with van der Waals surface area (Å²) < 4.78 is 0. The molecule has 4 nitrogen and oxygen atoms in total. The van der Waals surface area contributed by atoms with E-state index in [2.05, 4.69) is 12.2 Å². The summed E-state index contributed by atoms with van der Waals surface area (Å²) >= 11 is 0. The van der Waals surface area contributed by atoms with E-state index in [1.807, 2.05) is 25.7 Å². The van der Waals surface area contributed by atoms with Gasteiger partial charge in [-0.25, -0.2) is 0 Å². The van der Waals surface area contributed by atoms with Crippen molar-refractivity contribution in [2.45, 2.75) is 77.9 Å². The number of rotatable bonds is 3. The second-order valence-corrected chi connectivity index (χ2v) is 6.83. The Bertz CT molecular complexity index is 381. The molecule has 1 N–H and O–H groups in total. The molecule has 4 heteroatoms. The summed E-state index contributed by atoms with van der Waals surface area (Å²) in [5.74, 6) is 0.962. The van der Waals surface area contributed by atoms with Gasteiger partial charge in [-0.2, -0.15) is 0 Å². The number of hydrogen-bond acceptors (Lipinski definition) is 2. The monoisotopic (exact) mass is 280 g/mol. The summed E-state index contributed by atoms with van der Waals surface area (Å²) in [6.45, 7) is 8.24. The van der Waals surface area contributed by atoms with Gasteiger partial charge in [-0.1, -0.05) is 40.5 Å². The minimum absolute atomic E-state index is 0.0315. The lowest BCUT2D eigenvalue weighted by Gasteiger charge is -2.46. The molecule has 0 spiro atoms. The Balaban J connectivity index is 2.24. The van der Waals surface area contributed by atoms with Crippen LogP contribution in [0, 0.1) is 11.8 Å². The maximum Gasteiger partial charge on any atom is 0.246 e. The Morgan fingerprint density at radius 1 is 1.30 bits per heavy atom. The largest absolute Gasteiger partial charge is 0.342 e. The minimum atomic E-state index is -0.345. The van der Waals surface area contributed by atoms with Crippen LogP contribution in [0.3, 0.4) is 0 Å². The van der Waals surface area contributed by atoms with Crippen LogP contribution in [0.1, 0.15) is 59.8 Å². The van der Waals surface area contributed by atoms with E-state index in [1.54, 1.807) is 0 Å². The first kappa shape index (κ1) is 15.3. The van der Waals surface area contributed by atoms with Gasteiger partial charge in [0.1, 0.15) is 12.1 Å². The van der Waals surface area contributed by atoms with Gasteiger partial charge >= 0.3 is 0 Å². The fourth-order valence-electron chi connectivity index (χ4n) is 3.67. The van der Waals surface area contributed by atoms with E-state index < -0.39 is 0 Å². The Hall–Kier alpha value is -1.06. The van der Waals surface area contributed by atoms with Crippen LogP contribution in [0.4, 0.5) is 0 Å². The van der Waals surface area contributed by atoms with Crippen LogP contribution in [0.25, 0.3) is 0 Å². The first-order valence-corrected chi connectivity index (χ1v) is 8.08. The summed E-state index contributed by atoms with van der Waals surface area (Å²) in [7, 11) is 0. The van der Waals surface area contributed by atoms with Gasteiger partial charge in [-0.3, -0.25) is 9.59 Å². The van der Waals surface area contributed by atoms with Crippen LogP contribution in [0.15, 0.2) is 0 Å². The number of hydrogen-bond donors (Lipinski definition) is 1. The van der Waals surface area contributed by atoms with E-state index in [0.717, 1.165) is 12.8 Å². The summed E-state index contributed by atoms with van der Waals surface area (Å²) in [4.78, 5) is 27.0. The van der Waals surface area contributed by atoms with Gasteiger partial charge in [-0.15, -0.1) is 0 Å². The molecule has 1 heterocycles. The highest BCUT2D eigenvalue weighted by molar-refractivity contribution is 5.97. The van der Waals surface area contributed by atoms with Crippen LogP contribution in [0.5, 0.6) is 0 Å². The van der Waals surface area contributed by atoms with Crippen LogP contribution >= 0.6 is 0 Å². The van der Waals surface area contributed by atoms with Gasteiger partial charge < -0.3 is 10.2 Å². The van der Waals surface area contributed by atoms with E-state index >= 15 is 0 Å². The number of nitrogens with one attached hydrogen (secondary N) is 1. The topological polar surface area (TPSA) is 49.4 Å². The van der Waals surface area contributed by atoms with Crippen LogP contribution in [-0.4, -0.2) is 34.8 Å². The lowest BCUT2D eigenvalue weighted by molar-refractivity contribution is -0.154. The Morgan fingerprint density at radius 3 is 2.55 bits per heavy atom. The third-order valence-corrected chi connectivity index (χ3v) is 4.81. The SMILES string of the molecule is CCC1C(=O)NC(C(C)C)C(=O)N1C1CCCC(C)C1. The number of carbonyl (C=O) groups excluding carboxylic acids is 2. The van der Waals surface area contributed by atoms with Crippen molar-refractivity contribution >= 4 is 11.8 Å². The Kier molecular flexibility index (Phi) is 4.71. The molecule has 0 radical (unpaired) electrons. The number of carbonyl (C=O) groups is 2. The quantitative estimate of drug-likeness (QED) is 0.862. The van der Waals surface area contributed by atoms with Crippen LogP contribution < -0.4 is 5.32 Å². The van der Waals surface area contributed by atoms with Crippen molar-refractivity contribution in [3.05, 3.63) is 0 Å². The van der Waals surface area contributed by atoms with Crippen molar-refractivity contribution in [1.29, 1.82) is 0 Å². The highest BCUT2D eigenvalue weighted by atomic mass is 16.2. The molecule has 0 aromatic heterocycles. The van der Waals surface area contributed by atoms with E-state index in [0.29, 0.717) is 12.3 Å². The van der Waals surface area contributed by atoms with Crippen molar-refractivity contribution in [2.24, 2.45) is 11.8 Å². The molecule has 1 aliphatic heterocycles. The zero-order chi connectivity index (χ0) is 14.9. The van der Waals surface area contributed by atoms with Crippen molar-refractivity contribution in [2.75, 3.05) is 0 Å². The zero-order valence-corrected chi connectivity index (χ0v) is 13.2. The molecule has 1 aliphatic carbocycles. The highest BCUT2D eigenvalue weighted by Gasteiger charge is 2.44. The van der Waals surface area contributed by atoms with E-state index in [1.165, 1.54) is 12.8 Å². The Morgan fingerprint density at radius 2 is 2.00 bits per heavy atom. The second-order valence-electron chi connectivity index (χ2n) is 6.83. The average molecular weight is 280 g/mol. The molecule has 4 atom stereocenters. The van der Waals surface area contributed by atoms with Gasteiger partial charge in [0, 0.05) is 6.04 Å². The van der Waals surface area contributed by atoms with Gasteiger partial charge in [0.05, 0.1) is 0 Å². The molecule has 2 rings (SSSR count). The second kappa shape index (κ2) is 6.15. The molecule has 2 fully saturated rings. The standard InChI is InChI=1S/C16H28N2O2/c1-5-13-15(19)17-14(10(2)3)16(20)18(13)12-8-6-7-11(4)9-12/h10-14H,5-9H2,1-4H3,(H,17,19). The minimum Gasteiger partial charge on any atom is -0.342 e. The van der Waals surface area contributed by atoms with Gasteiger partial charge in [0.15, 0.2) is 0 Å². The van der Waals surface area contributed by atoms with E-state index in [4.69, 9.17) is 0 Å². The van der Waals surface area contributed by atoms with Crippen LogP contribution in [-0.2, 0) is 9.59 Å². The molecular weight excluding hydrogens is 252 g/mol. The molecule has 0 aromatic rings. The normalized spacial score (nSPS) is 35.4. The van der Waals surface area contributed by atoms with Crippen LogP contribution in [0.2, 0.25) is 0 Å². The average Bonchev–Trinajstić information content (AvgIpc) is 2.40. The molecule has 4 unspecified atom stereocenters. The highest BCUT2D eigenvalue weighted by Crippen LogP contribution is 2.31. The van der Waals surface area contributed by atoms with Crippen molar-refractivity contribution in [1.82, 2.24) is 10.2 Å². The maximum atomic E-state index is 12.8. The maximum absolute atomic E-state index is 12.8. The Labute approximate surface area is 122 Å². The molecular formula is C16H28N2O2. The number of piperazine rings is 1. The fraction of sp³-hybridized carbons (Fsp3) is 0.875. The third kappa shape index (κ3) is 2.84. The molecule has 20 heavy (non-hydrogen) atoms. The van der Waals surface area contributed by atoms with Gasteiger partial charge in [0.25, 0.3) is 0 Å². The first-order chi connectivity index (χ1) is 9.45. The summed E-state index contributed by atoms with van der Waals surface area (Å²) in [5.41, 5.74) is 0. The lowest BCUT2D eigenvalue weighted by atomic mass is 9.84. The number of amides is 2. The first-order valence-electron chi connectivity index (χ1n) is 8.08. The summed E-state index contributed by atoms with van der Waals surface area (Å²) in [5, 5.41) is 2.92. The molecule has 1 saturated carbocycles. The van der Waals surface area contributed by atoms with Crippen molar-refractivity contribution in [3.63, 3.8) is 0 Å². The van der Waals surface area contributed by atoms with Crippen molar-refractivity contribution in [3.8, 4) is 0 Å². The smallest absolute Gasteiger partial charge is 0.246 e. The predicted molar refractivity (Wildman–Crippen MR) is 79.1 cm³/mol.